The van der Waals surface area contributed by atoms with E-state index < -0.39 is 9.84 Å². The number of aromatic nitrogens is 2. The molecule has 2 fully saturated rings. The Morgan fingerprint density at radius 3 is 2.81 bits per heavy atom. The van der Waals surface area contributed by atoms with Crippen LogP contribution in [0.3, 0.4) is 0 Å². The van der Waals surface area contributed by atoms with Gasteiger partial charge in [-0.05, 0) is 18.2 Å². The van der Waals surface area contributed by atoms with Crippen LogP contribution in [0.5, 0.6) is 0 Å². The zero-order chi connectivity index (χ0) is 18.3. The highest BCUT2D eigenvalue weighted by Gasteiger charge is 2.47. The van der Waals surface area contributed by atoms with E-state index in [0.717, 1.165) is 11.5 Å². The Hall–Kier alpha value is -2.13. The molecule has 0 unspecified atom stereocenters. The molecule has 4 rings (SSSR count). The number of carbonyl (C=O) groups is 1. The topological polar surface area (TPSA) is 99.5 Å². The third-order valence-electron chi connectivity index (χ3n) is 5.20. The van der Waals surface area contributed by atoms with Crippen molar-refractivity contribution in [2.24, 2.45) is 0 Å². The molecule has 2 aromatic rings. The number of rotatable bonds is 4. The maximum absolute atomic E-state index is 12.2. The third kappa shape index (κ3) is 3.16. The number of nitrogens with one attached hydrogen (secondary N) is 1. The molecule has 1 amide bonds. The first-order valence-corrected chi connectivity index (χ1v) is 10.6. The second-order valence-electron chi connectivity index (χ2n) is 6.86. The van der Waals surface area contributed by atoms with Crippen molar-refractivity contribution >= 4 is 15.7 Å². The van der Waals surface area contributed by atoms with E-state index in [4.69, 9.17) is 4.42 Å². The molecule has 8 nitrogen and oxygen atoms in total. The summed E-state index contributed by atoms with van der Waals surface area (Å²) in [4.78, 5) is 16.1. The van der Waals surface area contributed by atoms with E-state index in [-0.39, 0.29) is 29.5 Å². The van der Waals surface area contributed by atoms with Gasteiger partial charge in [0.15, 0.2) is 15.6 Å². The van der Waals surface area contributed by atoms with Gasteiger partial charge in [0.2, 0.25) is 5.91 Å². The molecule has 0 aromatic carbocycles. The summed E-state index contributed by atoms with van der Waals surface area (Å²) < 4.78 is 30.3. The lowest BCUT2D eigenvalue weighted by atomic mass is 10.0. The largest absolute Gasteiger partial charge is 0.458 e. The number of hydrogen-bond acceptors (Lipinski definition) is 6. The second-order valence-corrected chi connectivity index (χ2v) is 9.01. The van der Waals surface area contributed by atoms with Gasteiger partial charge in [0.1, 0.15) is 11.5 Å². The summed E-state index contributed by atoms with van der Waals surface area (Å²) in [7, 11) is -3.14. The van der Waals surface area contributed by atoms with Gasteiger partial charge in [0.05, 0.1) is 24.1 Å². The Labute approximate surface area is 152 Å². The molecule has 2 aliphatic heterocycles. The smallest absolute Gasteiger partial charge is 0.222 e. The Kier molecular flexibility index (Phi) is 4.36. The Morgan fingerprint density at radius 1 is 1.27 bits per heavy atom. The Morgan fingerprint density at radius 2 is 2.08 bits per heavy atom. The van der Waals surface area contributed by atoms with E-state index in [0.29, 0.717) is 31.8 Å². The zero-order valence-electron chi connectivity index (χ0n) is 14.6. The molecule has 0 spiro atoms. The second kappa shape index (κ2) is 6.55. The summed E-state index contributed by atoms with van der Waals surface area (Å²) in [6, 6.07) is 5.17. The number of sulfone groups is 1. The number of piperazine rings is 1. The highest BCUT2D eigenvalue weighted by Crippen LogP contribution is 2.29. The van der Waals surface area contributed by atoms with E-state index in [1.54, 1.807) is 11.1 Å². The van der Waals surface area contributed by atoms with Crippen molar-refractivity contribution in [2.75, 3.05) is 24.6 Å². The number of fused-ring (bicyclic) bond motifs is 1. The van der Waals surface area contributed by atoms with Crippen LogP contribution in [0.15, 0.2) is 28.8 Å². The standard InChI is InChI=1S/C17H22N4O4S/c1-2-17(22)21-8-7-20(14-10-26(23,24)11-15(14)21)9-12-3-4-16(25-12)13-5-6-18-19-13/h3-6,14-15H,2,7-11H2,1H3,(H,18,19)/t14-,15+/m0/s1. The molecule has 9 heteroatoms. The lowest BCUT2D eigenvalue weighted by Crippen LogP contribution is -2.60. The first-order chi connectivity index (χ1) is 12.5. The minimum Gasteiger partial charge on any atom is -0.458 e. The molecule has 2 saturated heterocycles. The van der Waals surface area contributed by atoms with Gasteiger partial charge in [0.25, 0.3) is 0 Å². The molecule has 0 aliphatic carbocycles. The summed E-state index contributed by atoms with van der Waals surface area (Å²) >= 11 is 0. The molecule has 2 aliphatic rings. The summed E-state index contributed by atoms with van der Waals surface area (Å²) in [5.41, 5.74) is 0.802. The van der Waals surface area contributed by atoms with Crippen molar-refractivity contribution in [1.29, 1.82) is 0 Å². The fraction of sp³-hybridized carbons (Fsp3) is 0.529. The van der Waals surface area contributed by atoms with Crippen molar-refractivity contribution in [3.63, 3.8) is 0 Å². The van der Waals surface area contributed by atoms with Crippen LogP contribution >= 0.6 is 0 Å². The van der Waals surface area contributed by atoms with E-state index in [1.807, 2.05) is 25.1 Å². The van der Waals surface area contributed by atoms with Gasteiger partial charge in [-0.25, -0.2) is 8.42 Å². The summed E-state index contributed by atoms with van der Waals surface area (Å²) in [6.07, 6.45) is 2.06. The number of amides is 1. The summed E-state index contributed by atoms with van der Waals surface area (Å²) in [5, 5.41) is 6.78. The van der Waals surface area contributed by atoms with E-state index in [2.05, 4.69) is 15.1 Å². The molecular formula is C17H22N4O4S. The van der Waals surface area contributed by atoms with Crippen LogP contribution < -0.4 is 0 Å². The van der Waals surface area contributed by atoms with Crippen LogP contribution in [-0.2, 0) is 21.2 Å². The molecule has 0 radical (unpaired) electrons. The van der Waals surface area contributed by atoms with Crippen LogP contribution in [0.25, 0.3) is 11.5 Å². The third-order valence-corrected chi connectivity index (χ3v) is 6.90. The number of nitrogens with zero attached hydrogens (tertiary/aromatic N) is 3. The van der Waals surface area contributed by atoms with Crippen LogP contribution in [-0.4, -0.2) is 71.0 Å². The Balaban J connectivity index is 1.53. The fourth-order valence-corrected chi connectivity index (χ4v) is 5.95. The van der Waals surface area contributed by atoms with Gasteiger partial charge in [-0.2, -0.15) is 5.10 Å². The monoisotopic (exact) mass is 378 g/mol. The quantitative estimate of drug-likeness (QED) is 0.848. The number of furan rings is 1. The van der Waals surface area contributed by atoms with Crippen molar-refractivity contribution < 1.29 is 17.6 Å². The molecule has 1 N–H and O–H groups in total. The predicted molar refractivity (Wildman–Crippen MR) is 94.9 cm³/mol. The van der Waals surface area contributed by atoms with Gasteiger partial charge in [0, 0.05) is 31.7 Å². The summed E-state index contributed by atoms with van der Waals surface area (Å²) in [5.74, 6) is 1.65. The SMILES string of the molecule is CCC(=O)N1CCN(Cc2ccc(-c3ccn[nH]3)o2)[C@H]2CS(=O)(=O)C[C@H]21. The van der Waals surface area contributed by atoms with Crippen molar-refractivity contribution in [3.8, 4) is 11.5 Å². The average Bonchev–Trinajstić information content (AvgIpc) is 3.32. The lowest BCUT2D eigenvalue weighted by Gasteiger charge is -2.43. The van der Waals surface area contributed by atoms with Gasteiger partial charge in [-0.3, -0.25) is 14.8 Å². The van der Waals surface area contributed by atoms with Gasteiger partial charge < -0.3 is 9.32 Å². The van der Waals surface area contributed by atoms with E-state index in [1.165, 1.54) is 0 Å². The molecule has 2 atom stereocenters. The number of hydrogen-bond donors (Lipinski definition) is 1. The van der Waals surface area contributed by atoms with E-state index in [9.17, 15) is 13.2 Å². The van der Waals surface area contributed by atoms with Crippen molar-refractivity contribution in [1.82, 2.24) is 20.0 Å². The predicted octanol–water partition coefficient (Wildman–Crippen LogP) is 0.889. The molecular weight excluding hydrogens is 356 g/mol. The van der Waals surface area contributed by atoms with Gasteiger partial charge >= 0.3 is 0 Å². The van der Waals surface area contributed by atoms with Crippen LogP contribution in [0.2, 0.25) is 0 Å². The zero-order valence-corrected chi connectivity index (χ0v) is 15.4. The Bertz CT molecular complexity index is 890. The maximum Gasteiger partial charge on any atom is 0.222 e. The molecule has 140 valence electrons. The van der Waals surface area contributed by atoms with Gasteiger partial charge in [-0.15, -0.1) is 0 Å². The lowest BCUT2D eigenvalue weighted by molar-refractivity contribution is -0.136. The molecule has 26 heavy (non-hydrogen) atoms. The van der Waals surface area contributed by atoms with Crippen LogP contribution in [0, 0.1) is 0 Å². The highest BCUT2D eigenvalue weighted by atomic mass is 32.2. The average molecular weight is 378 g/mol. The highest BCUT2D eigenvalue weighted by molar-refractivity contribution is 7.91. The van der Waals surface area contributed by atoms with Crippen LogP contribution in [0.4, 0.5) is 0 Å². The van der Waals surface area contributed by atoms with E-state index >= 15 is 0 Å². The van der Waals surface area contributed by atoms with Crippen molar-refractivity contribution in [3.05, 3.63) is 30.2 Å². The van der Waals surface area contributed by atoms with Crippen LogP contribution in [0.1, 0.15) is 19.1 Å². The maximum atomic E-state index is 12.2. The normalized spacial score (nSPS) is 25.3. The summed E-state index contributed by atoms with van der Waals surface area (Å²) in [6.45, 7) is 3.53. The first kappa shape index (κ1) is 17.3. The molecule has 0 saturated carbocycles. The fourth-order valence-electron chi connectivity index (χ4n) is 3.93. The minimum absolute atomic E-state index is 0.0243. The first-order valence-electron chi connectivity index (χ1n) is 8.79. The minimum atomic E-state index is -3.14. The van der Waals surface area contributed by atoms with Gasteiger partial charge in [-0.1, -0.05) is 6.92 Å². The molecule has 2 aromatic heterocycles. The van der Waals surface area contributed by atoms with Crippen molar-refractivity contribution in [2.45, 2.75) is 32.0 Å². The number of H-pyrrole nitrogens is 1. The number of carbonyl (C=O) groups excluding carboxylic acids is 1. The number of aromatic amines is 1. The molecule has 4 heterocycles. The molecule has 0 bridgehead atoms.